The first kappa shape index (κ1) is 25.7. The molecule has 0 radical (unpaired) electrons. The van der Waals surface area contributed by atoms with Crippen LogP contribution in [-0.2, 0) is 12.8 Å². The highest BCUT2D eigenvalue weighted by molar-refractivity contribution is 7.26. The zero-order valence-electron chi connectivity index (χ0n) is 24.5. The van der Waals surface area contributed by atoms with Gasteiger partial charge in [0.05, 0.1) is 0 Å². The topological polar surface area (TPSA) is 0 Å². The van der Waals surface area contributed by atoms with Gasteiger partial charge in [-0.2, -0.15) is 0 Å². The van der Waals surface area contributed by atoms with Gasteiger partial charge in [-0.3, -0.25) is 0 Å². The maximum Gasteiger partial charge on any atom is 0.0387 e. The van der Waals surface area contributed by atoms with Gasteiger partial charge in [-0.05, 0) is 104 Å². The van der Waals surface area contributed by atoms with Crippen molar-refractivity contribution in [2.45, 2.75) is 58.3 Å². The highest BCUT2D eigenvalue weighted by Gasteiger charge is 2.20. The summed E-state index contributed by atoms with van der Waals surface area (Å²) in [6.45, 7) is 4.58. The SMILES string of the molecule is CCc1cccc2c1sc1c(CC)cc(-c3c4ccccc4c(-c4ccc(C5CCCC5)cc4)c4ccccc34)cc12. The average Bonchev–Trinajstić information content (AvgIpc) is 3.72. The molecule has 1 fully saturated rings. The lowest BCUT2D eigenvalue weighted by Crippen LogP contribution is -1.94. The zero-order valence-corrected chi connectivity index (χ0v) is 25.4. The van der Waals surface area contributed by atoms with E-state index in [1.807, 2.05) is 11.3 Å². The standard InChI is InChI=1S/C41H36S/c1-3-26-14-11-19-36-37-25-31(24-27(4-2)41(37)42-40(26)36)39-34-17-9-7-15-32(34)38(33-16-8-10-18-35(33)39)30-22-20-29(21-23-30)28-12-5-6-13-28/h7-11,14-25,28H,3-6,12-13H2,1-2H3. The molecule has 0 nitrogen and oxygen atoms in total. The first-order valence-electron chi connectivity index (χ1n) is 15.8. The summed E-state index contributed by atoms with van der Waals surface area (Å²) < 4.78 is 2.90. The van der Waals surface area contributed by atoms with Gasteiger partial charge in [0.15, 0.2) is 0 Å². The lowest BCUT2D eigenvalue weighted by atomic mass is 9.84. The van der Waals surface area contributed by atoms with Crippen LogP contribution in [-0.4, -0.2) is 0 Å². The Hall–Kier alpha value is -3.94. The summed E-state index contributed by atoms with van der Waals surface area (Å²) in [4.78, 5) is 0. The number of hydrogen-bond donors (Lipinski definition) is 0. The molecule has 8 rings (SSSR count). The number of hydrogen-bond acceptors (Lipinski definition) is 1. The van der Waals surface area contributed by atoms with Crippen molar-refractivity contribution in [3.63, 3.8) is 0 Å². The van der Waals surface area contributed by atoms with E-state index in [1.165, 1.54) is 106 Å². The van der Waals surface area contributed by atoms with Gasteiger partial charge in [0.2, 0.25) is 0 Å². The fourth-order valence-corrected chi connectivity index (χ4v) is 9.09. The van der Waals surface area contributed by atoms with Gasteiger partial charge >= 0.3 is 0 Å². The van der Waals surface area contributed by atoms with Gasteiger partial charge in [0.25, 0.3) is 0 Å². The highest BCUT2D eigenvalue weighted by Crippen LogP contribution is 2.47. The molecule has 1 saturated carbocycles. The zero-order chi connectivity index (χ0) is 28.2. The number of aryl methyl sites for hydroxylation is 2. The van der Waals surface area contributed by atoms with Crippen molar-refractivity contribution in [1.29, 1.82) is 0 Å². The van der Waals surface area contributed by atoms with E-state index in [4.69, 9.17) is 0 Å². The Kier molecular flexibility index (Phi) is 6.38. The van der Waals surface area contributed by atoms with E-state index in [0.29, 0.717) is 0 Å². The quantitative estimate of drug-likeness (QED) is 0.184. The van der Waals surface area contributed by atoms with Crippen molar-refractivity contribution >= 4 is 53.1 Å². The Labute approximate surface area is 252 Å². The maximum absolute atomic E-state index is 2.48. The minimum atomic E-state index is 0.735. The molecule has 0 amide bonds. The third-order valence-electron chi connectivity index (χ3n) is 9.76. The molecular formula is C41H36S. The Morgan fingerprint density at radius 1 is 0.524 bits per heavy atom. The summed E-state index contributed by atoms with van der Waals surface area (Å²) >= 11 is 1.99. The summed E-state index contributed by atoms with van der Waals surface area (Å²) in [5.74, 6) is 0.735. The second-order valence-corrected chi connectivity index (χ2v) is 13.1. The summed E-state index contributed by atoms with van der Waals surface area (Å²) in [6.07, 6.45) is 7.51. The Morgan fingerprint density at radius 2 is 1.07 bits per heavy atom. The van der Waals surface area contributed by atoms with Crippen LogP contribution in [0.4, 0.5) is 0 Å². The van der Waals surface area contributed by atoms with Crippen LogP contribution in [0.3, 0.4) is 0 Å². The molecule has 1 aromatic heterocycles. The van der Waals surface area contributed by atoms with Crippen LogP contribution in [0.15, 0.2) is 103 Å². The van der Waals surface area contributed by atoms with Crippen molar-refractivity contribution in [2.75, 3.05) is 0 Å². The number of rotatable bonds is 5. The predicted molar refractivity (Wildman–Crippen MR) is 185 cm³/mol. The molecule has 0 atom stereocenters. The molecule has 0 spiro atoms. The van der Waals surface area contributed by atoms with Crippen LogP contribution < -0.4 is 0 Å². The van der Waals surface area contributed by atoms with E-state index >= 15 is 0 Å². The van der Waals surface area contributed by atoms with Gasteiger partial charge in [0.1, 0.15) is 0 Å². The second kappa shape index (κ2) is 10.4. The van der Waals surface area contributed by atoms with Crippen molar-refractivity contribution in [3.05, 3.63) is 120 Å². The number of fused-ring (bicyclic) bond motifs is 5. The highest BCUT2D eigenvalue weighted by atomic mass is 32.1. The molecule has 6 aromatic carbocycles. The molecule has 7 aromatic rings. The van der Waals surface area contributed by atoms with Gasteiger partial charge in [-0.1, -0.05) is 118 Å². The van der Waals surface area contributed by atoms with Crippen LogP contribution >= 0.6 is 11.3 Å². The number of thiophene rings is 1. The molecule has 1 heterocycles. The van der Waals surface area contributed by atoms with E-state index in [1.54, 1.807) is 0 Å². The normalized spacial score (nSPS) is 14.1. The van der Waals surface area contributed by atoms with Crippen molar-refractivity contribution in [2.24, 2.45) is 0 Å². The molecule has 0 bridgehead atoms. The Balaban J connectivity index is 1.41. The summed E-state index contributed by atoms with van der Waals surface area (Å²) in [5, 5.41) is 8.14. The lowest BCUT2D eigenvalue weighted by Gasteiger charge is -2.19. The third-order valence-corrected chi connectivity index (χ3v) is 11.1. The average molecular weight is 561 g/mol. The molecular weight excluding hydrogens is 525 g/mol. The van der Waals surface area contributed by atoms with Gasteiger partial charge < -0.3 is 0 Å². The van der Waals surface area contributed by atoms with Crippen molar-refractivity contribution in [3.8, 4) is 22.3 Å². The van der Waals surface area contributed by atoms with E-state index in [-0.39, 0.29) is 0 Å². The molecule has 0 N–H and O–H groups in total. The van der Waals surface area contributed by atoms with E-state index in [9.17, 15) is 0 Å². The Bertz CT molecular complexity index is 2050. The summed E-state index contributed by atoms with van der Waals surface area (Å²) in [6, 6.07) is 39.5. The largest absolute Gasteiger partial charge is 0.135 e. The minimum Gasteiger partial charge on any atom is -0.135 e. The fraction of sp³-hybridized carbons (Fsp3) is 0.220. The first-order valence-corrected chi connectivity index (χ1v) is 16.6. The van der Waals surface area contributed by atoms with Crippen molar-refractivity contribution in [1.82, 2.24) is 0 Å². The van der Waals surface area contributed by atoms with E-state index in [2.05, 4.69) is 117 Å². The van der Waals surface area contributed by atoms with E-state index < -0.39 is 0 Å². The monoisotopic (exact) mass is 560 g/mol. The minimum absolute atomic E-state index is 0.735. The van der Waals surface area contributed by atoms with Gasteiger partial charge in [0, 0.05) is 20.2 Å². The van der Waals surface area contributed by atoms with Crippen LogP contribution in [0.1, 0.15) is 62.1 Å². The maximum atomic E-state index is 2.48. The second-order valence-electron chi connectivity index (χ2n) is 12.1. The molecule has 0 saturated heterocycles. The Morgan fingerprint density at radius 3 is 1.67 bits per heavy atom. The summed E-state index contributed by atoms with van der Waals surface area (Å²) in [5.41, 5.74) is 9.77. The van der Waals surface area contributed by atoms with Crippen LogP contribution in [0.25, 0.3) is 64.0 Å². The van der Waals surface area contributed by atoms with Gasteiger partial charge in [-0.15, -0.1) is 11.3 Å². The molecule has 206 valence electrons. The molecule has 1 aliphatic rings. The molecule has 0 unspecified atom stereocenters. The predicted octanol–water partition coefficient (Wildman–Crippen LogP) is 12.5. The number of benzene rings is 6. The molecule has 1 heteroatoms. The molecule has 42 heavy (non-hydrogen) atoms. The van der Waals surface area contributed by atoms with Crippen molar-refractivity contribution < 1.29 is 0 Å². The van der Waals surface area contributed by atoms with E-state index in [0.717, 1.165) is 18.8 Å². The first-order chi connectivity index (χ1) is 20.7. The smallest absolute Gasteiger partial charge is 0.0387 e. The van der Waals surface area contributed by atoms with Gasteiger partial charge in [-0.25, -0.2) is 0 Å². The lowest BCUT2D eigenvalue weighted by molar-refractivity contribution is 0.723. The molecule has 1 aliphatic carbocycles. The van der Waals surface area contributed by atoms with Crippen LogP contribution in [0.5, 0.6) is 0 Å². The summed E-state index contributed by atoms with van der Waals surface area (Å²) in [7, 11) is 0. The van der Waals surface area contributed by atoms with Crippen LogP contribution in [0.2, 0.25) is 0 Å². The molecule has 0 aliphatic heterocycles. The fourth-order valence-electron chi connectivity index (χ4n) is 7.65. The third kappa shape index (κ3) is 4.02. The van der Waals surface area contributed by atoms with Crippen LogP contribution in [0, 0.1) is 0 Å².